The van der Waals surface area contributed by atoms with Gasteiger partial charge in [-0.2, -0.15) is 26.3 Å². The number of aliphatic carboxylic acids is 2. The molecule has 0 spiro atoms. The lowest BCUT2D eigenvalue weighted by Crippen LogP contribution is -2.41. The number of amides is 1. The first-order chi connectivity index (χ1) is 18.2. The van der Waals surface area contributed by atoms with Gasteiger partial charge in [0.2, 0.25) is 0 Å². The first-order valence-corrected chi connectivity index (χ1v) is 11.2. The fourth-order valence-electron chi connectivity index (χ4n) is 3.72. The third-order valence-electron chi connectivity index (χ3n) is 5.47. The normalized spacial score (nSPS) is 20.8. The van der Waals surface area contributed by atoms with Gasteiger partial charge in [0.05, 0.1) is 18.0 Å². The van der Waals surface area contributed by atoms with E-state index in [1.54, 1.807) is 24.7 Å². The monoisotopic (exact) mass is 566 g/mol. The fourth-order valence-corrected chi connectivity index (χ4v) is 3.72. The molecule has 1 amide bonds. The molecule has 0 saturated carbocycles. The third-order valence-corrected chi connectivity index (χ3v) is 5.47. The van der Waals surface area contributed by atoms with Crippen molar-refractivity contribution in [1.29, 1.82) is 0 Å². The van der Waals surface area contributed by atoms with Gasteiger partial charge in [-0.3, -0.25) is 19.7 Å². The van der Waals surface area contributed by atoms with Crippen molar-refractivity contribution in [1.82, 2.24) is 14.9 Å². The van der Waals surface area contributed by atoms with Gasteiger partial charge in [-0.25, -0.2) is 9.59 Å². The van der Waals surface area contributed by atoms with Gasteiger partial charge in [0, 0.05) is 31.7 Å². The molecule has 4 heterocycles. The molecular formula is C23H24F6N4O6. The summed E-state index contributed by atoms with van der Waals surface area (Å²) in [5, 5.41) is 17.1. The molecule has 39 heavy (non-hydrogen) atoms. The molecule has 2 aromatic rings. The topological polar surface area (TPSA) is 142 Å². The summed E-state index contributed by atoms with van der Waals surface area (Å²) >= 11 is 0. The van der Waals surface area contributed by atoms with Crippen LogP contribution in [0.3, 0.4) is 0 Å². The molecule has 0 aliphatic carbocycles. The molecule has 0 bridgehead atoms. The van der Waals surface area contributed by atoms with Gasteiger partial charge in [-0.15, -0.1) is 0 Å². The molecular weight excluding hydrogens is 542 g/mol. The van der Waals surface area contributed by atoms with Gasteiger partial charge in [0.15, 0.2) is 0 Å². The van der Waals surface area contributed by atoms with Crippen LogP contribution in [0.25, 0.3) is 0 Å². The second kappa shape index (κ2) is 13.8. The minimum Gasteiger partial charge on any atom is -0.475 e. The quantitative estimate of drug-likeness (QED) is 0.475. The van der Waals surface area contributed by atoms with Crippen molar-refractivity contribution in [2.75, 3.05) is 18.4 Å². The average molecular weight is 566 g/mol. The Morgan fingerprint density at radius 2 is 1.54 bits per heavy atom. The Hall–Kier alpha value is -3.79. The molecule has 2 aliphatic rings. The van der Waals surface area contributed by atoms with Gasteiger partial charge in [-0.1, -0.05) is 6.07 Å². The molecule has 2 saturated heterocycles. The molecule has 2 aromatic heterocycles. The summed E-state index contributed by atoms with van der Waals surface area (Å²) in [6.07, 6.45) is -1.49. The summed E-state index contributed by atoms with van der Waals surface area (Å²) in [4.78, 5) is 40.8. The van der Waals surface area contributed by atoms with E-state index in [1.165, 1.54) is 5.56 Å². The fraction of sp³-hybridized carbons (Fsp3) is 0.435. The van der Waals surface area contributed by atoms with E-state index in [4.69, 9.17) is 24.5 Å². The van der Waals surface area contributed by atoms with E-state index in [1.807, 2.05) is 18.3 Å². The van der Waals surface area contributed by atoms with Crippen LogP contribution in [0.15, 0.2) is 49.1 Å². The predicted molar refractivity (Wildman–Crippen MR) is 121 cm³/mol. The Morgan fingerprint density at radius 3 is 2.03 bits per heavy atom. The number of piperidine rings is 1. The number of carboxylic acids is 2. The van der Waals surface area contributed by atoms with Gasteiger partial charge in [0.1, 0.15) is 6.10 Å². The largest absolute Gasteiger partial charge is 0.490 e. The van der Waals surface area contributed by atoms with Crippen LogP contribution >= 0.6 is 0 Å². The number of halogens is 6. The Labute approximate surface area is 217 Å². The number of anilines is 1. The number of carboxylic acid groups (broad SMARTS) is 2. The van der Waals surface area contributed by atoms with Crippen molar-refractivity contribution in [3.8, 4) is 0 Å². The van der Waals surface area contributed by atoms with E-state index in [2.05, 4.69) is 26.3 Å². The lowest BCUT2D eigenvalue weighted by atomic mass is 9.91. The van der Waals surface area contributed by atoms with E-state index in [-0.39, 0.29) is 18.1 Å². The zero-order valence-electron chi connectivity index (χ0n) is 20.0. The molecule has 10 nitrogen and oxygen atoms in total. The summed E-state index contributed by atoms with van der Waals surface area (Å²) in [6, 6.07) is 7.70. The Bertz CT molecular complexity index is 1060. The summed E-state index contributed by atoms with van der Waals surface area (Å²) < 4.78 is 69.5. The number of likely N-dealkylation sites (tertiary alicyclic amines) is 1. The van der Waals surface area contributed by atoms with Crippen molar-refractivity contribution in [3.63, 3.8) is 0 Å². The van der Waals surface area contributed by atoms with E-state index < -0.39 is 24.3 Å². The van der Waals surface area contributed by atoms with E-state index in [0.717, 1.165) is 32.5 Å². The van der Waals surface area contributed by atoms with Crippen molar-refractivity contribution in [2.24, 2.45) is 5.92 Å². The summed E-state index contributed by atoms with van der Waals surface area (Å²) in [5.74, 6) is -5.11. The molecule has 3 atom stereocenters. The Balaban J connectivity index is 0.000000317. The van der Waals surface area contributed by atoms with E-state index in [9.17, 15) is 31.1 Å². The van der Waals surface area contributed by atoms with Gasteiger partial charge >= 0.3 is 24.3 Å². The maximum atomic E-state index is 12.4. The van der Waals surface area contributed by atoms with Crippen LogP contribution in [-0.2, 0) is 25.7 Å². The highest BCUT2D eigenvalue weighted by atomic mass is 19.4. The second-order valence-corrected chi connectivity index (χ2v) is 8.38. The minimum absolute atomic E-state index is 0.0683. The number of alkyl halides is 6. The number of carbonyl (C=O) groups excluding carboxylic acids is 1. The van der Waals surface area contributed by atoms with Gasteiger partial charge in [-0.05, 0) is 49.1 Å². The smallest absolute Gasteiger partial charge is 0.475 e. The van der Waals surface area contributed by atoms with Crippen LogP contribution < -0.4 is 5.32 Å². The standard InChI is InChI=1S/C19H22N4O2.2C2HF3O2/c24-19(22-16-4-2-7-21-11-16)17-9-15-5-8-23(13-18(15)25-17)12-14-3-1-6-20-10-14;2*3-2(4,5)1(6)7/h1-4,6-7,10-11,15,17-18H,5,8-9,12-13H2,(H,22,24);2*(H,6,7)/t15-,17+,18-;;/m0../s1. The molecule has 0 aromatic carbocycles. The lowest BCUT2D eigenvalue weighted by molar-refractivity contribution is -0.193. The molecule has 0 unspecified atom stereocenters. The number of ether oxygens (including phenoxy) is 1. The maximum absolute atomic E-state index is 12.4. The average Bonchev–Trinajstić information content (AvgIpc) is 3.29. The SMILES string of the molecule is O=C(Nc1cccnc1)[C@H]1C[C@@H]2CCN(Cc3cccnc3)C[C@@H]2O1.O=C(O)C(F)(F)F.O=C(O)C(F)(F)F. The lowest BCUT2D eigenvalue weighted by Gasteiger charge is -2.33. The highest BCUT2D eigenvalue weighted by molar-refractivity contribution is 5.94. The summed E-state index contributed by atoms with van der Waals surface area (Å²) in [6.45, 7) is 2.79. The first kappa shape index (κ1) is 31.4. The number of carbonyl (C=O) groups is 3. The predicted octanol–water partition coefficient (Wildman–Crippen LogP) is 3.36. The zero-order valence-corrected chi connectivity index (χ0v) is 20.0. The summed E-state index contributed by atoms with van der Waals surface area (Å²) in [7, 11) is 0. The molecule has 16 heteroatoms. The zero-order chi connectivity index (χ0) is 29.2. The number of hydrogen-bond acceptors (Lipinski definition) is 7. The number of nitrogens with one attached hydrogen (secondary N) is 1. The molecule has 3 N–H and O–H groups in total. The molecule has 2 aliphatic heterocycles. The Kier molecular flexibility index (Phi) is 11.2. The number of hydrogen-bond donors (Lipinski definition) is 3. The van der Waals surface area contributed by atoms with Crippen LogP contribution in [-0.4, -0.2) is 80.6 Å². The number of fused-ring (bicyclic) bond motifs is 1. The van der Waals surface area contributed by atoms with Gasteiger partial charge < -0.3 is 20.3 Å². The number of aromatic nitrogens is 2. The van der Waals surface area contributed by atoms with E-state index >= 15 is 0 Å². The molecule has 0 radical (unpaired) electrons. The van der Waals surface area contributed by atoms with Crippen molar-refractivity contribution in [3.05, 3.63) is 54.6 Å². The number of nitrogens with zero attached hydrogens (tertiary/aromatic N) is 3. The second-order valence-electron chi connectivity index (χ2n) is 8.38. The Morgan fingerprint density at radius 1 is 0.974 bits per heavy atom. The van der Waals surface area contributed by atoms with Crippen LogP contribution in [0.1, 0.15) is 18.4 Å². The minimum atomic E-state index is -5.08. The van der Waals surface area contributed by atoms with Crippen LogP contribution in [0.2, 0.25) is 0 Å². The van der Waals surface area contributed by atoms with Gasteiger partial charge in [0.25, 0.3) is 5.91 Å². The van der Waals surface area contributed by atoms with Crippen LogP contribution in [0, 0.1) is 5.92 Å². The van der Waals surface area contributed by atoms with Crippen molar-refractivity contribution >= 4 is 23.5 Å². The number of pyridine rings is 2. The van der Waals surface area contributed by atoms with Crippen molar-refractivity contribution in [2.45, 2.75) is 43.9 Å². The third kappa shape index (κ3) is 10.8. The summed E-state index contributed by atoms with van der Waals surface area (Å²) in [5.41, 5.74) is 1.92. The number of rotatable bonds is 4. The molecule has 4 rings (SSSR count). The van der Waals surface area contributed by atoms with Crippen LogP contribution in [0.4, 0.5) is 32.0 Å². The highest BCUT2D eigenvalue weighted by Gasteiger charge is 2.42. The van der Waals surface area contributed by atoms with E-state index in [0.29, 0.717) is 11.6 Å². The van der Waals surface area contributed by atoms with Crippen molar-refractivity contribution < 1.29 is 55.7 Å². The first-order valence-electron chi connectivity index (χ1n) is 11.2. The van der Waals surface area contributed by atoms with Crippen LogP contribution in [0.5, 0.6) is 0 Å². The maximum Gasteiger partial charge on any atom is 0.490 e. The molecule has 214 valence electrons. The highest BCUT2D eigenvalue weighted by Crippen LogP contribution is 2.34. The molecule has 2 fully saturated rings.